The summed E-state index contributed by atoms with van der Waals surface area (Å²) in [4.78, 5) is 70.8. The van der Waals surface area contributed by atoms with Crippen LogP contribution in [-0.4, -0.2) is 66.8 Å². The van der Waals surface area contributed by atoms with Crippen molar-refractivity contribution in [3.05, 3.63) is 71.8 Å². The molecule has 0 spiro atoms. The second-order valence-corrected chi connectivity index (χ2v) is 16.2. The number of nitrogens with one attached hydrogen (secondary N) is 2. The number of aryl methyl sites for hydroxylation is 1. The Morgan fingerprint density at radius 3 is 1.80 bits per heavy atom. The Morgan fingerprint density at radius 1 is 0.725 bits per heavy atom. The van der Waals surface area contributed by atoms with Crippen molar-refractivity contribution < 1.29 is 24.0 Å². The SMILES string of the molecule is CC(C)CC(NC(=O)C(CC(=O)[C@H](CC(C)C)NC(=O)[C@H](CCc1ccccc1)CC(=O)CCCN(C)C)Cc1ccccc1)C(=O)C1(C)CC1. The Bertz CT molecular complexity index is 1420. The van der Waals surface area contributed by atoms with Gasteiger partial charge in [-0.3, -0.25) is 24.0 Å². The van der Waals surface area contributed by atoms with Gasteiger partial charge in [0.05, 0.1) is 12.1 Å². The average molecular weight is 702 g/mol. The maximum absolute atomic E-state index is 14.2. The summed E-state index contributed by atoms with van der Waals surface area (Å²) in [5.74, 6) is -1.70. The third-order valence-electron chi connectivity index (χ3n) is 10.0. The first-order chi connectivity index (χ1) is 24.2. The van der Waals surface area contributed by atoms with Crippen molar-refractivity contribution in [1.29, 1.82) is 0 Å². The van der Waals surface area contributed by atoms with E-state index in [-0.39, 0.29) is 53.8 Å². The maximum atomic E-state index is 14.2. The number of hydrogen-bond acceptors (Lipinski definition) is 6. The lowest BCUT2D eigenvalue weighted by Gasteiger charge is -2.27. The molecule has 0 aromatic heterocycles. The molecule has 2 unspecified atom stereocenters. The van der Waals surface area contributed by atoms with E-state index < -0.39 is 29.3 Å². The van der Waals surface area contributed by atoms with Crippen molar-refractivity contribution in [2.45, 2.75) is 117 Å². The highest BCUT2D eigenvalue weighted by molar-refractivity contribution is 5.97. The number of carbonyl (C=O) groups is 5. The van der Waals surface area contributed by atoms with Crippen LogP contribution in [0.15, 0.2) is 60.7 Å². The topological polar surface area (TPSA) is 113 Å². The zero-order valence-electron chi connectivity index (χ0n) is 32.2. The van der Waals surface area contributed by atoms with Gasteiger partial charge in [0.2, 0.25) is 11.8 Å². The molecule has 2 aromatic carbocycles. The second-order valence-electron chi connectivity index (χ2n) is 16.2. The van der Waals surface area contributed by atoms with E-state index in [1.807, 2.05) is 114 Å². The van der Waals surface area contributed by atoms with Crippen LogP contribution in [0.2, 0.25) is 0 Å². The number of amides is 2. The molecule has 0 bridgehead atoms. The number of benzene rings is 2. The van der Waals surface area contributed by atoms with Crippen LogP contribution in [0, 0.1) is 29.1 Å². The van der Waals surface area contributed by atoms with Gasteiger partial charge in [0, 0.05) is 36.5 Å². The van der Waals surface area contributed by atoms with Crippen LogP contribution in [0.3, 0.4) is 0 Å². The zero-order chi connectivity index (χ0) is 37.6. The van der Waals surface area contributed by atoms with E-state index >= 15 is 0 Å². The van der Waals surface area contributed by atoms with Gasteiger partial charge in [-0.2, -0.15) is 0 Å². The first kappa shape index (κ1) is 41.8. The molecule has 280 valence electrons. The molecular weight excluding hydrogens is 638 g/mol. The molecule has 2 N–H and O–H groups in total. The molecule has 1 aliphatic carbocycles. The van der Waals surface area contributed by atoms with Crippen LogP contribution >= 0.6 is 0 Å². The van der Waals surface area contributed by atoms with Crippen molar-refractivity contribution in [3.63, 3.8) is 0 Å². The van der Waals surface area contributed by atoms with Gasteiger partial charge in [-0.1, -0.05) is 95.3 Å². The van der Waals surface area contributed by atoms with E-state index in [9.17, 15) is 24.0 Å². The molecule has 2 aromatic rings. The van der Waals surface area contributed by atoms with Gasteiger partial charge >= 0.3 is 0 Å². The van der Waals surface area contributed by atoms with Crippen molar-refractivity contribution in [2.75, 3.05) is 20.6 Å². The molecule has 8 nitrogen and oxygen atoms in total. The summed E-state index contributed by atoms with van der Waals surface area (Å²) < 4.78 is 0. The third-order valence-corrected chi connectivity index (χ3v) is 10.0. The smallest absolute Gasteiger partial charge is 0.224 e. The number of rotatable bonds is 24. The molecular formula is C43H63N3O5. The van der Waals surface area contributed by atoms with Crippen molar-refractivity contribution in [2.24, 2.45) is 29.1 Å². The van der Waals surface area contributed by atoms with E-state index in [0.717, 1.165) is 36.9 Å². The van der Waals surface area contributed by atoms with Crippen molar-refractivity contribution >= 4 is 29.2 Å². The Morgan fingerprint density at radius 2 is 1.25 bits per heavy atom. The van der Waals surface area contributed by atoms with E-state index in [2.05, 4.69) is 10.6 Å². The molecule has 0 aliphatic heterocycles. The van der Waals surface area contributed by atoms with Crippen molar-refractivity contribution in [1.82, 2.24) is 15.5 Å². The molecule has 4 atom stereocenters. The highest BCUT2D eigenvalue weighted by Crippen LogP contribution is 2.47. The minimum absolute atomic E-state index is 0.0435. The summed E-state index contributed by atoms with van der Waals surface area (Å²) in [7, 11) is 3.94. The lowest BCUT2D eigenvalue weighted by molar-refractivity contribution is -0.135. The molecule has 0 saturated heterocycles. The molecule has 0 heterocycles. The summed E-state index contributed by atoms with van der Waals surface area (Å²) >= 11 is 0. The minimum Gasteiger partial charge on any atom is -0.346 e. The number of hydrogen-bond donors (Lipinski definition) is 2. The zero-order valence-corrected chi connectivity index (χ0v) is 32.2. The molecule has 8 heteroatoms. The van der Waals surface area contributed by atoms with Crippen LogP contribution in [0.25, 0.3) is 0 Å². The highest BCUT2D eigenvalue weighted by Gasteiger charge is 2.48. The van der Waals surface area contributed by atoms with Crippen LogP contribution in [0.4, 0.5) is 0 Å². The predicted molar refractivity (Wildman–Crippen MR) is 204 cm³/mol. The van der Waals surface area contributed by atoms with Crippen LogP contribution in [0.5, 0.6) is 0 Å². The Labute approximate surface area is 306 Å². The molecule has 0 radical (unpaired) electrons. The largest absolute Gasteiger partial charge is 0.346 e. The van der Waals surface area contributed by atoms with Gasteiger partial charge in [-0.05, 0) is 95.0 Å². The quantitative estimate of drug-likeness (QED) is 0.125. The van der Waals surface area contributed by atoms with Gasteiger partial charge in [-0.25, -0.2) is 0 Å². The number of Topliss-reactive ketones (excluding diaryl/α,β-unsaturated/α-hetero) is 3. The van der Waals surface area contributed by atoms with E-state index in [1.54, 1.807) is 0 Å². The van der Waals surface area contributed by atoms with E-state index in [4.69, 9.17) is 0 Å². The lowest BCUT2D eigenvalue weighted by Crippen LogP contribution is -2.49. The summed E-state index contributed by atoms with van der Waals surface area (Å²) in [6.07, 6.45) is 5.24. The predicted octanol–water partition coefficient (Wildman–Crippen LogP) is 6.79. The number of nitrogens with zero attached hydrogens (tertiary/aromatic N) is 1. The molecule has 51 heavy (non-hydrogen) atoms. The standard InChI is InChI=1S/C43H63N3O5/c1-30(2)25-37(44-41(50)34(21-20-32-15-10-8-11-16-32)28-36(47)19-14-24-46(6)7)39(48)29-35(27-33-17-12-9-13-18-33)42(51)45-38(26-31(3)4)40(49)43(5)22-23-43/h8-13,15-18,30-31,34-35,37-38H,14,19-29H2,1-7H3,(H,44,50)(H,45,51)/t34-,35?,37+,38?/m1/s1. The fraction of sp³-hybridized carbons (Fsp3) is 0.605. The van der Waals surface area contributed by atoms with Gasteiger partial charge in [0.1, 0.15) is 5.78 Å². The fourth-order valence-electron chi connectivity index (χ4n) is 6.70. The fourth-order valence-corrected chi connectivity index (χ4v) is 6.70. The lowest BCUT2D eigenvalue weighted by atomic mass is 9.87. The van der Waals surface area contributed by atoms with E-state index in [1.165, 1.54) is 0 Å². The molecule has 1 aliphatic rings. The summed E-state index contributed by atoms with van der Waals surface area (Å²) in [6.45, 7) is 10.8. The first-order valence-corrected chi connectivity index (χ1v) is 19.1. The highest BCUT2D eigenvalue weighted by atomic mass is 16.2. The van der Waals surface area contributed by atoms with Gasteiger partial charge < -0.3 is 15.5 Å². The molecule has 3 rings (SSSR count). The Balaban J connectivity index is 1.81. The average Bonchev–Trinajstić information content (AvgIpc) is 3.83. The van der Waals surface area contributed by atoms with Crippen molar-refractivity contribution in [3.8, 4) is 0 Å². The minimum atomic E-state index is -0.801. The first-order valence-electron chi connectivity index (χ1n) is 19.1. The normalized spacial score (nSPS) is 16.0. The monoisotopic (exact) mass is 701 g/mol. The summed E-state index contributed by atoms with van der Waals surface area (Å²) in [5.41, 5.74) is 1.61. The summed E-state index contributed by atoms with van der Waals surface area (Å²) in [5, 5.41) is 6.12. The number of ketones is 3. The molecule has 2 amide bonds. The molecule has 1 fully saturated rings. The maximum Gasteiger partial charge on any atom is 0.224 e. The number of carbonyl (C=O) groups excluding carboxylic acids is 5. The van der Waals surface area contributed by atoms with Gasteiger partial charge in [-0.15, -0.1) is 0 Å². The van der Waals surface area contributed by atoms with Crippen LogP contribution in [-0.2, 0) is 36.8 Å². The summed E-state index contributed by atoms with van der Waals surface area (Å²) in [6, 6.07) is 18.1. The third kappa shape index (κ3) is 14.9. The van der Waals surface area contributed by atoms with Gasteiger partial charge in [0.15, 0.2) is 11.6 Å². The van der Waals surface area contributed by atoms with Crippen LogP contribution < -0.4 is 10.6 Å². The van der Waals surface area contributed by atoms with Gasteiger partial charge in [0.25, 0.3) is 0 Å². The Kier molecular flexibility index (Phi) is 16.7. The van der Waals surface area contributed by atoms with E-state index in [0.29, 0.717) is 38.5 Å². The second kappa shape index (κ2) is 20.4. The van der Waals surface area contributed by atoms with Crippen LogP contribution in [0.1, 0.15) is 104 Å². The molecule has 1 saturated carbocycles. The Hall–Kier alpha value is -3.65.